The van der Waals surface area contributed by atoms with E-state index in [1.165, 1.54) is 18.5 Å². The van der Waals surface area contributed by atoms with E-state index in [0.717, 1.165) is 6.54 Å². The second-order valence-electron chi connectivity index (χ2n) is 6.99. The molecule has 102 valence electrons. The van der Waals surface area contributed by atoms with E-state index in [-0.39, 0.29) is 11.1 Å². The summed E-state index contributed by atoms with van der Waals surface area (Å²) in [6.45, 7) is 10.1. The Morgan fingerprint density at radius 1 is 1.28 bits per heavy atom. The minimum atomic E-state index is 0.216. The van der Waals surface area contributed by atoms with Crippen molar-refractivity contribution in [3.05, 3.63) is 24.0 Å². The van der Waals surface area contributed by atoms with Crippen LogP contribution in [-0.4, -0.2) is 21.7 Å². The third-order valence-corrected chi connectivity index (χ3v) is 3.81. The lowest BCUT2D eigenvalue weighted by atomic mass is 9.79. The van der Waals surface area contributed by atoms with Gasteiger partial charge in [0.15, 0.2) is 0 Å². The number of rotatable bonds is 3. The Morgan fingerprint density at radius 3 is 2.39 bits per heavy atom. The fourth-order valence-electron chi connectivity index (χ4n) is 3.40. The van der Waals surface area contributed by atoms with Crippen molar-refractivity contribution in [2.45, 2.75) is 64.2 Å². The zero-order chi connectivity index (χ0) is 13.4. The molecule has 1 saturated heterocycles. The lowest BCUT2D eigenvalue weighted by molar-refractivity contribution is 0.145. The van der Waals surface area contributed by atoms with Crippen molar-refractivity contribution in [1.29, 1.82) is 0 Å². The fraction of sp³-hybridized carbons (Fsp3) is 0.733. The quantitative estimate of drug-likeness (QED) is 0.861. The van der Waals surface area contributed by atoms with Gasteiger partial charge >= 0.3 is 0 Å². The van der Waals surface area contributed by atoms with Gasteiger partial charge in [0.2, 0.25) is 0 Å². The molecule has 0 unspecified atom stereocenters. The topological polar surface area (TPSA) is 29.0 Å². The van der Waals surface area contributed by atoms with E-state index in [4.69, 9.17) is 0 Å². The lowest BCUT2D eigenvalue weighted by Gasteiger charge is -2.46. The molecule has 3 nitrogen and oxygen atoms in total. The predicted octanol–water partition coefficient (Wildman–Crippen LogP) is 2.42. The van der Waals surface area contributed by atoms with E-state index in [2.05, 4.69) is 68.3 Å². The summed E-state index contributed by atoms with van der Waals surface area (Å²) >= 11 is 0. The van der Waals surface area contributed by atoms with Gasteiger partial charge in [0.25, 0.3) is 0 Å². The molecule has 0 amide bonds. The molecule has 18 heavy (non-hydrogen) atoms. The number of hydrogen-bond acceptors (Lipinski definition) is 2. The van der Waals surface area contributed by atoms with Gasteiger partial charge in [0.1, 0.15) is 0 Å². The Bertz CT molecular complexity index is 388. The first-order valence-electron chi connectivity index (χ1n) is 6.90. The normalized spacial score (nSPS) is 23.2. The largest absolute Gasteiger partial charge is 0.353 e. The maximum atomic E-state index is 3.72. The van der Waals surface area contributed by atoms with Crippen molar-refractivity contribution in [2.24, 2.45) is 7.05 Å². The molecule has 1 aliphatic rings. The summed E-state index contributed by atoms with van der Waals surface area (Å²) in [5.41, 5.74) is 1.78. The van der Waals surface area contributed by atoms with Crippen LogP contribution in [0.5, 0.6) is 0 Å². The molecule has 1 aliphatic heterocycles. The first-order chi connectivity index (χ1) is 8.27. The Balaban J connectivity index is 1.95. The molecule has 1 fully saturated rings. The predicted molar refractivity (Wildman–Crippen MR) is 76.6 cm³/mol. The molecule has 0 aliphatic carbocycles. The van der Waals surface area contributed by atoms with Gasteiger partial charge in [0, 0.05) is 42.6 Å². The van der Waals surface area contributed by atoms with Crippen LogP contribution in [0.25, 0.3) is 0 Å². The van der Waals surface area contributed by atoms with E-state index in [1.54, 1.807) is 0 Å². The highest BCUT2D eigenvalue weighted by Crippen LogP contribution is 2.28. The highest BCUT2D eigenvalue weighted by Gasteiger charge is 2.37. The third-order valence-electron chi connectivity index (χ3n) is 3.81. The van der Waals surface area contributed by atoms with Crippen LogP contribution in [-0.2, 0) is 13.6 Å². The van der Waals surface area contributed by atoms with Gasteiger partial charge < -0.3 is 15.2 Å². The average Bonchev–Trinajstić information content (AvgIpc) is 2.56. The van der Waals surface area contributed by atoms with Crippen molar-refractivity contribution in [2.75, 3.05) is 0 Å². The minimum absolute atomic E-state index is 0.216. The minimum Gasteiger partial charge on any atom is -0.353 e. The monoisotopic (exact) mass is 249 g/mol. The molecule has 0 spiro atoms. The smallest absolute Gasteiger partial charge is 0.0361 e. The van der Waals surface area contributed by atoms with Crippen molar-refractivity contribution >= 4 is 0 Å². The number of aryl methyl sites for hydroxylation is 1. The van der Waals surface area contributed by atoms with Gasteiger partial charge in [-0.3, -0.25) is 0 Å². The molecule has 2 rings (SSSR count). The van der Waals surface area contributed by atoms with Crippen molar-refractivity contribution in [1.82, 2.24) is 15.2 Å². The lowest BCUT2D eigenvalue weighted by Crippen LogP contribution is -2.61. The molecule has 2 N–H and O–H groups in total. The summed E-state index contributed by atoms with van der Waals surface area (Å²) in [4.78, 5) is 0. The molecule has 2 heterocycles. The summed E-state index contributed by atoms with van der Waals surface area (Å²) in [7, 11) is 2.10. The second kappa shape index (κ2) is 4.71. The molecule has 1 aromatic heterocycles. The van der Waals surface area contributed by atoms with E-state index in [0.29, 0.717) is 6.04 Å². The molecule has 0 radical (unpaired) electrons. The molecule has 0 saturated carbocycles. The molecular formula is C15H27N3. The van der Waals surface area contributed by atoms with E-state index in [1.807, 2.05) is 0 Å². The Hall–Kier alpha value is -0.800. The van der Waals surface area contributed by atoms with E-state index < -0.39 is 0 Å². The number of nitrogens with one attached hydrogen (secondary N) is 2. The van der Waals surface area contributed by atoms with Crippen LogP contribution >= 0.6 is 0 Å². The molecule has 0 aromatic carbocycles. The number of nitrogens with zero attached hydrogens (tertiary/aromatic N) is 1. The second-order valence-corrected chi connectivity index (χ2v) is 6.99. The van der Waals surface area contributed by atoms with Gasteiger partial charge in [-0.15, -0.1) is 0 Å². The van der Waals surface area contributed by atoms with Gasteiger partial charge in [0.05, 0.1) is 0 Å². The maximum absolute atomic E-state index is 3.72. The van der Waals surface area contributed by atoms with Gasteiger partial charge in [-0.1, -0.05) is 0 Å². The summed E-state index contributed by atoms with van der Waals surface area (Å²) in [6.07, 6.45) is 4.47. The van der Waals surface area contributed by atoms with E-state index >= 15 is 0 Å². The molecule has 0 atom stereocenters. The Morgan fingerprint density at radius 2 is 1.89 bits per heavy atom. The zero-order valence-electron chi connectivity index (χ0n) is 12.4. The maximum Gasteiger partial charge on any atom is 0.0361 e. The zero-order valence-corrected chi connectivity index (χ0v) is 12.4. The fourth-order valence-corrected chi connectivity index (χ4v) is 3.40. The van der Waals surface area contributed by atoms with Gasteiger partial charge in [-0.2, -0.15) is 0 Å². The Kier molecular flexibility index (Phi) is 3.56. The molecule has 3 heteroatoms. The summed E-state index contributed by atoms with van der Waals surface area (Å²) in [5.74, 6) is 0. The number of piperidine rings is 1. The number of hydrogen-bond donors (Lipinski definition) is 2. The van der Waals surface area contributed by atoms with Crippen LogP contribution in [0, 0.1) is 0 Å². The van der Waals surface area contributed by atoms with Crippen LogP contribution in [0.4, 0.5) is 0 Å². The summed E-state index contributed by atoms with van der Waals surface area (Å²) < 4.78 is 2.18. The van der Waals surface area contributed by atoms with Crippen LogP contribution in [0.2, 0.25) is 0 Å². The van der Waals surface area contributed by atoms with Crippen LogP contribution in [0.3, 0.4) is 0 Å². The highest BCUT2D eigenvalue weighted by atomic mass is 15.1. The summed E-state index contributed by atoms with van der Waals surface area (Å²) in [6, 6.07) is 4.88. The standard InChI is InChI=1S/C15H27N3/c1-14(2)9-12(10-15(3,4)17-14)16-11-13-7-6-8-18(13)5/h6-8,12,16-17H,9-11H2,1-5H3. The third kappa shape index (κ3) is 3.36. The highest BCUT2D eigenvalue weighted by molar-refractivity contribution is 5.07. The van der Waals surface area contributed by atoms with Crippen LogP contribution in [0.15, 0.2) is 18.3 Å². The Labute approximate surface area is 111 Å². The molecule has 0 bridgehead atoms. The van der Waals surface area contributed by atoms with Gasteiger partial charge in [-0.05, 0) is 52.7 Å². The first kappa shape index (κ1) is 13.6. The van der Waals surface area contributed by atoms with Crippen molar-refractivity contribution in [3.8, 4) is 0 Å². The van der Waals surface area contributed by atoms with Crippen molar-refractivity contribution in [3.63, 3.8) is 0 Å². The molecular weight excluding hydrogens is 222 g/mol. The summed E-state index contributed by atoms with van der Waals surface area (Å²) in [5, 5.41) is 7.44. The van der Waals surface area contributed by atoms with Crippen LogP contribution < -0.4 is 10.6 Å². The SMILES string of the molecule is Cn1cccc1CNC1CC(C)(C)NC(C)(C)C1. The number of aromatic nitrogens is 1. The van der Waals surface area contributed by atoms with Crippen molar-refractivity contribution < 1.29 is 0 Å². The van der Waals surface area contributed by atoms with Crippen LogP contribution in [0.1, 0.15) is 46.2 Å². The van der Waals surface area contributed by atoms with E-state index in [9.17, 15) is 0 Å². The molecule has 1 aromatic rings. The average molecular weight is 249 g/mol. The van der Waals surface area contributed by atoms with Gasteiger partial charge in [-0.25, -0.2) is 0 Å². The first-order valence-corrected chi connectivity index (χ1v) is 6.90.